The summed E-state index contributed by atoms with van der Waals surface area (Å²) in [6.07, 6.45) is 1.82. The number of hydrogen-bond acceptors (Lipinski definition) is 4. The standard InChI is InChI=1S/C15H21NO3/c1-10-8-13(18-2)14(19-3)9-12(10)15(17)11-4-6-16-7-5-11/h8-9,11,16H,4-7H2,1-3H3. The van der Waals surface area contributed by atoms with Gasteiger partial charge in [0.2, 0.25) is 0 Å². The molecule has 19 heavy (non-hydrogen) atoms. The first kappa shape index (κ1) is 13.9. The first-order valence-corrected chi connectivity index (χ1v) is 6.65. The highest BCUT2D eigenvalue weighted by molar-refractivity contribution is 5.99. The van der Waals surface area contributed by atoms with Crippen LogP contribution in [0.4, 0.5) is 0 Å². The van der Waals surface area contributed by atoms with E-state index in [-0.39, 0.29) is 11.7 Å². The van der Waals surface area contributed by atoms with Gasteiger partial charge in [-0.15, -0.1) is 0 Å². The van der Waals surface area contributed by atoms with Gasteiger partial charge in [-0.2, -0.15) is 0 Å². The van der Waals surface area contributed by atoms with Gasteiger partial charge in [0.1, 0.15) is 0 Å². The highest BCUT2D eigenvalue weighted by atomic mass is 16.5. The number of rotatable bonds is 4. The van der Waals surface area contributed by atoms with Crippen LogP contribution in [0.25, 0.3) is 0 Å². The number of ketones is 1. The molecule has 4 nitrogen and oxygen atoms in total. The molecule has 1 heterocycles. The van der Waals surface area contributed by atoms with Crippen molar-refractivity contribution in [3.63, 3.8) is 0 Å². The van der Waals surface area contributed by atoms with Crippen LogP contribution in [0.1, 0.15) is 28.8 Å². The third-order valence-electron chi connectivity index (χ3n) is 3.71. The zero-order chi connectivity index (χ0) is 13.8. The molecule has 4 heteroatoms. The van der Waals surface area contributed by atoms with Crippen LogP contribution in [-0.4, -0.2) is 33.1 Å². The fourth-order valence-corrected chi connectivity index (χ4v) is 2.55. The number of aryl methyl sites for hydroxylation is 1. The molecule has 2 rings (SSSR count). The fraction of sp³-hybridized carbons (Fsp3) is 0.533. The number of carbonyl (C=O) groups excluding carboxylic acids is 1. The number of methoxy groups -OCH3 is 2. The second-order valence-electron chi connectivity index (χ2n) is 4.91. The lowest BCUT2D eigenvalue weighted by Crippen LogP contribution is -2.32. The molecule has 0 spiro atoms. The van der Waals surface area contributed by atoms with Crippen LogP contribution in [0.2, 0.25) is 0 Å². The van der Waals surface area contributed by atoms with E-state index in [2.05, 4.69) is 5.32 Å². The zero-order valence-corrected chi connectivity index (χ0v) is 11.8. The van der Waals surface area contributed by atoms with Crippen LogP contribution in [0.15, 0.2) is 12.1 Å². The molecule has 0 atom stereocenters. The quantitative estimate of drug-likeness (QED) is 0.846. The van der Waals surface area contributed by atoms with Gasteiger partial charge < -0.3 is 14.8 Å². The Morgan fingerprint density at radius 1 is 1.16 bits per heavy atom. The van der Waals surface area contributed by atoms with Crippen LogP contribution in [0, 0.1) is 12.8 Å². The number of Topliss-reactive ketones (excluding diaryl/α,β-unsaturated/α-hetero) is 1. The number of piperidine rings is 1. The Morgan fingerprint density at radius 3 is 2.32 bits per heavy atom. The third kappa shape index (κ3) is 2.89. The van der Waals surface area contributed by atoms with Gasteiger partial charge in [0.25, 0.3) is 0 Å². The van der Waals surface area contributed by atoms with Crippen molar-refractivity contribution in [1.29, 1.82) is 0 Å². The smallest absolute Gasteiger partial charge is 0.166 e. The summed E-state index contributed by atoms with van der Waals surface area (Å²) in [6, 6.07) is 3.67. The van der Waals surface area contributed by atoms with Crippen molar-refractivity contribution in [2.24, 2.45) is 5.92 Å². The van der Waals surface area contributed by atoms with E-state index in [4.69, 9.17) is 9.47 Å². The molecule has 1 N–H and O–H groups in total. The molecule has 1 fully saturated rings. The van der Waals surface area contributed by atoms with E-state index in [9.17, 15) is 4.79 Å². The molecule has 1 aliphatic heterocycles. The number of nitrogens with one attached hydrogen (secondary N) is 1. The van der Waals surface area contributed by atoms with Crippen molar-refractivity contribution in [3.05, 3.63) is 23.3 Å². The van der Waals surface area contributed by atoms with Crippen LogP contribution < -0.4 is 14.8 Å². The van der Waals surface area contributed by atoms with E-state index in [1.807, 2.05) is 13.0 Å². The summed E-state index contributed by atoms with van der Waals surface area (Å²) in [6.45, 7) is 3.78. The summed E-state index contributed by atoms with van der Waals surface area (Å²) in [5.74, 6) is 1.63. The van der Waals surface area contributed by atoms with Gasteiger partial charge in [-0.3, -0.25) is 4.79 Å². The molecule has 1 aliphatic rings. The summed E-state index contributed by atoms with van der Waals surface area (Å²) in [4.78, 5) is 12.6. The van der Waals surface area contributed by atoms with Crippen molar-refractivity contribution in [2.45, 2.75) is 19.8 Å². The number of carbonyl (C=O) groups is 1. The molecule has 0 aromatic heterocycles. The maximum absolute atomic E-state index is 12.6. The fourth-order valence-electron chi connectivity index (χ4n) is 2.55. The maximum atomic E-state index is 12.6. The van der Waals surface area contributed by atoms with Gasteiger partial charge in [-0.05, 0) is 50.6 Å². The molecule has 0 unspecified atom stereocenters. The topological polar surface area (TPSA) is 47.6 Å². The van der Waals surface area contributed by atoms with E-state index < -0.39 is 0 Å². The Kier molecular flexibility index (Phi) is 4.43. The minimum atomic E-state index is 0.123. The predicted octanol–water partition coefficient (Wildman–Crippen LogP) is 2.19. The molecular weight excluding hydrogens is 242 g/mol. The predicted molar refractivity (Wildman–Crippen MR) is 74.2 cm³/mol. The summed E-state index contributed by atoms with van der Waals surface area (Å²) in [5, 5.41) is 3.28. The normalized spacial score (nSPS) is 16.2. The van der Waals surface area contributed by atoms with Crippen LogP contribution in [0.3, 0.4) is 0 Å². The minimum Gasteiger partial charge on any atom is -0.493 e. The van der Waals surface area contributed by atoms with E-state index in [0.29, 0.717) is 11.5 Å². The van der Waals surface area contributed by atoms with Gasteiger partial charge in [0, 0.05) is 11.5 Å². The van der Waals surface area contributed by atoms with Crippen molar-refractivity contribution in [3.8, 4) is 11.5 Å². The number of benzene rings is 1. The van der Waals surface area contributed by atoms with Crippen LogP contribution in [0.5, 0.6) is 11.5 Å². The van der Waals surface area contributed by atoms with Crippen LogP contribution in [-0.2, 0) is 0 Å². The molecule has 0 aliphatic carbocycles. The summed E-state index contributed by atoms with van der Waals surface area (Å²) >= 11 is 0. The molecule has 0 bridgehead atoms. The second-order valence-corrected chi connectivity index (χ2v) is 4.91. The van der Waals surface area contributed by atoms with E-state index in [0.717, 1.165) is 37.1 Å². The number of ether oxygens (including phenoxy) is 2. The Morgan fingerprint density at radius 2 is 1.74 bits per heavy atom. The van der Waals surface area contributed by atoms with Crippen molar-refractivity contribution in [2.75, 3.05) is 27.3 Å². The monoisotopic (exact) mass is 263 g/mol. The highest BCUT2D eigenvalue weighted by Gasteiger charge is 2.24. The van der Waals surface area contributed by atoms with Gasteiger partial charge in [-0.1, -0.05) is 0 Å². The third-order valence-corrected chi connectivity index (χ3v) is 3.71. The number of hydrogen-bond donors (Lipinski definition) is 1. The zero-order valence-electron chi connectivity index (χ0n) is 11.8. The Labute approximate surface area is 114 Å². The molecule has 1 saturated heterocycles. The largest absolute Gasteiger partial charge is 0.493 e. The van der Waals surface area contributed by atoms with Gasteiger partial charge in [-0.25, -0.2) is 0 Å². The lowest BCUT2D eigenvalue weighted by molar-refractivity contribution is 0.0894. The molecule has 0 amide bonds. The van der Waals surface area contributed by atoms with E-state index in [1.54, 1.807) is 20.3 Å². The van der Waals surface area contributed by atoms with Crippen molar-refractivity contribution < 1.29 is 14.3 Å². The lowest BCUT2D eigenvalue weighted by Gasteiger charge is -2.22. The summed E-state index contributed by atoms with van der Waals surface area (Å²) < 4.78 is 10.5. The van der Waals surface area contributed by atoms with Gasteiger partial charge >= 0.3 is 0 Å². The average molecular weight is 263 g/mol. The maximum Gasteiger partial charge on any atom is 0.166 e. The summed E-state index contributed by atoms with van der Waals surface area (Å²) in [7, 11) is 3.19. The van der Waals surface area contributed by atoms with Crippen LogP contribution >= 0.6 is 0 Å². The summed E-state index contributed by atoms with van der Waals surface area (Å²) in [5.41, 5.74) is 1.70. The highest BCUT2D eigenvalue weighted by Crippen LogP contribution is 2.32. The lowest BCUT2D eigenvalue weighted by atomic mass is 9.88. The second kappa shape index (κ2) is 6.06. The van der Waals surface area contributed by atoms with E-state index in [1.165, 1.54) is 0 Å². The Bertz CT molecular complexity index is 465. The first-order chi connectivity index (χ1) is 9.17. The Balaban J connectivity index is 2.30. The van der Waals surface area contributed by atoms with Gasteiger partial charge in [0.05, 0.1) is 14.2 Å². The molecule has 1 aromatic carbocycles. The van der Waals surface area contributed by atoms with Gasteiger partial charge in [0.15, 0.2) is 17.3 Å². The SMILES string of the molecule is COc1cc(C)c(C(=O)C2CCNCC2)cc1OC. The molecular formula is C15H21NO3. The Hall–Kier alpha value is -1.55. The molecule has 104 valence electrons. The van der Waals surface area contributed by atoms with E-state index >= 15 is 0 Å². The minimum absolute atomic E-state index is 0.123. The van der Waals surface area contributed by atoms with Crippen molar-refractivity contribution >= 4 is 5.78 Å². The van der Waals surface area contributed by atoms with Crippen molar-refractivity contribution in [1.82, 2.24) is 5.32 Å². The molecule has 0 radical (unpaired) electrons. The molecule has 1 aromatic rings. The molecule has 0 saturated carbocycles. The first-order valence-electron chi connectivity index (χ1n) is 6.65. The average Bonchev–Trinajstić information content (AvgIpc) is 2.47.